The summed E-state index contributed by atoms with van der Waals surface area (Å²) in [6.07, 6.45) is 5.54. The van der Waals surface area contributed by atoms with Crippen molar-refractivity contribution in [1.82, 2.24) is 19.9 Å². The highest BCUT2D eigenvalue weighted by Crippen LogP contribution is 2.43. The molecule has 0 spiro atoms. The van der Waals surface area contributed by atoms with Crippen LogP contribution in [0.4, 0.5) is 15.9 Å². The molecule has 0 amide bonds. The zero-order chi connectivity index (χ0) is 20.9. The Morgan fingerprint density at radius 1 is 1.30 bits per heavy atom. The molecular weight excluding hydrogens is 409 g/mol. The van der Waals surface area contributed by atoms with Gasteiger partial charge < -0.3 is 9.73 Å². The van der Waals surface area contributed by atoms with Gasteiger partial charge in [-0.2, -0.15) is 5.10 Å². The van der Waals surface area contributed by atoms with Crippen LogP contribution < -0.4 is 10.0 Å². The number of nitrogens with zero attached hydrogens (tertiary/aromatic N) is 2. The lowest BCUT2D eigenvalue weighted by molar-refractivity contribution is 0.420. The van der Waals surface area contributed by atoms with Gasteiger partial charge in [-0.1, -0.05) is 6.92 Å². The van der Waals surface area contributed by atoms with E-state index in [-0.39, 0.29) is 22.7 Å². The van der Waals surface area contributed by atoms with Gasteiger partial charge in [0.25, 0.3) is 0 Å². The fraction of sp³-hybridized carbons (Fsp3) is 0.400. The maximum Gasteiger partial charge on any atom is 0.241 e. The molecule has 1 aliphatic carbocycles. The number of nitrogens with one attached hydrogen (secondary N) is 3. The van der Waals surface area contributed by atoms with Gasteiger partial charge in [-0.05, 0) is 31.4 Å². The monoisotopic (exact) mass is 431 g/mol. The van der Waals surface area contributed by atoms with Crippen LogP contribution in [0.25, 0.3) is 0 Å². The molecule has 3 N–H and O–H groups in total. The molecule has 3 aromatic rings. The number of H-pyrrole nitrogens is 1. The largest absolute Gasteiger partial charge is 0.445 e. The van der Waals surface area contributed by atoms with E-state index in [0.717, 1.165) is 43.0 Å². The van der Waals surface area contributed by atoms with Crippen LogP contribution in [0.3, 0.4) is 0 Å². The maximum absolute atomic E-state index is 14.8. The van der Waals surface area contributed by atoms with E-state index in [1.807, 2.05) is 13.0 Å². The zero-order valence-electron chi connectivity index (χ0n) is 16.4. The number of oxazole rings is 1. The third-order valence-electron chi connectivity index (χ3n) is 5.93. The molecule has 30 heavy (non-hydrogen) atoms. The van der Waals surface area contributed by atoms with Crippen molar-refractivity contribution < 1.29 is 17.2 Å². The number of fused-ring (bicyclic) bond motifs is 1. The summed E-state index contributed by atoms with van der Waals surface area (Å²) in [4.78, 5) is 4.40. The number of aryl methyl sites for hydroxylation is 1. The highest BCUT2D eigenvalue weighted by atomic mass is 32.2. The van der Waals surface area contributed by atoms with E-state index in [1.54, 1.807) is 6.20 Å². The minimum Gasteiger partial charge on any atom is -0.445 e. The summed E-state index contributed by atoms with van der Waals surface area (Å²) in [5.74, 6) is 2.21. The van der Waals surface area contributed by atoms with Crippen LogP contribution in [0, 0.1) is 5.82 Å². The van der Waals surface area contributed by atoms with Gasteiger partial charge in [0.15, 0.2) is 17.5 Å². The Morgan fingerprint density at radius 3 is 2.93 bits per heavy atom. The number of hydrogen-bond acceptors (Lipinski definition) is 6. The summed E-state index contributed by atoms with van der Waals surface area (Å²) in [6, 6.07) is 4.71. The smallest absolute Gasteiger partial charge is 0.241 e. The van der Waals surface area contributed by atoms with Gasteiger partial charge in [0.1, 0.15) is 5.76 Å². The highest BCUT2D eigenvalue weighted by Gasteiger charge is 2.32. The number of hydrogen-bond donors (Lipinski definition) is 3. The third kappa shape index (κ3) is 3.29. The Bertz CT molecular complexity index is 1200. The minimum atomic E-state index is -3.61. The van der Waals surface area contributed by atoms with Gasteiger partial charge in [-0.3, -0.25) is 5.10 Å². The summed E-state index contributed by atoms with van der Waals surface area (Å²) in [6.45, 7) is 2.00. The summed E-state index contributed by atoms with van der Waals surface area (Å²) in [5, 5.41) is 10.3. The average molecular weight is 431 g/mol. The van der Waals surface area contributed by atoms with E-state index >= 15 is 0 Å². The molecule has 1 fully saturated rings. The van der Waals surface area contributed by atoms with Crippen LogP contribution in [0.15, 0.2) is 33.7 Å². The second kappa shape index (κ2) is 7.21. The summed E-state index contributed by atoms with van der Waals surface area (Å²) in [5.41, 5.74) is 1.32. The molecule has 0 saturated heterocycles. The Hall–Kier alpha value is -2.72. The average Bonchev–Trinajstić information content (AvgIpc) is 3.49. The Balaban J connectivity index is 1.30. The first-order valence-corrected chi connectivity index (χ1v) is 11.5. The van der Waals surface area contributed by atoms with E-state index in [2.05, 4.69) is 25.2 Å². The Labute approximate surface area is 173 Å². The van der Waals surface area contributed by atoms with E-state index < -0.39 is 15.8 Å². The lowest BCUT2D eigenvalue weighted by atomic mass is 10.0. The third-order valence-corrected chi connectivity index (χ3v) is 7.42. The first-order valence-electron chi connectivity index (χ1n) is 10.0. The number of aromatic nitrogens is 3. The minimum absolute atomic E-state index is 0.0111. The van der Waals surface area contributed by atoms with Crippen LogP contribution in [0.1, 0.15) is 60.9 Å². The Morgan fingerprint density at radius 2 is 2.13 bits per heavy atom. The maximum atomic E-state index is 14.8. The molecule has 10 heteroatoms. The summed E-state index contributed by atoms with van der Waals surface area (Å²) >= 11 is 0. The quantitative estimate of drug-likeness (QED) is 0.568. The van der Waals surface area contributed by atoms with Crippen molar-refractivity contribution in [3.05, 3.63) is 53.1 Å². The predicted molar refractivity (Wildman–Crippen MR) is 108 cm³/mol. The molecule has 2 aromatic heterocycles. The van der Waals surface area contributed by atoms with Gasteiger partial charge in [0.2, 0.25) is 10.0 Å². The number of anilines is 2. The van der Waals surface area contributed by atoms with Crippen molar-refractivity contribution in [2.24, 2.45) is 0 Å². The van der Waals surface area contributed by atoms with Crippen LogP contribution >= 0.6 is 0 Å². The zero-order valence-corrected chi connectivity index (χ0v) is 17.2. The van der Waals surface area contributed by atoms with Crippen molar-refractivity contribution in [2.45, 2.75) is 55.9 Å². The topological polar surface area (TPSA) is 113 Å². The number of sulfonamides is 1. The van der Waals surface area contributed by atoms with Gasteiger partial charge in [0, 0.05) is 42.1 Å². The second-order valence-electron chi connectivity index (χ2n) is 7.79. The molecule has 0 bridgehead atoms. The van der Waals surface area contributed by atoms with E-state index in [0.29, 0.717) is 17.7 Å². The molecule has 1 saturated carbocycles. The molecule has 0 radical (unpaired) electrons. The van der Waals surface area contributed by atoms with Gasteiger partial charge in [-0.15, -0.1) is 0 Å². The number of halogens is 1. The van der Waals surface area contributed by atoms with Gasteiger partial charge in [0.05, 0.1) is 16.8 Å². The lowest BCUT2D eigenvalue weighted by Crippen LogP contribution is -2.13. The summed E-state index contributed by atoms with van der Waals surface area (Å²) < 4.78 is 46.6. The van der Waals surface area contributed by atoms with Crippen LogP contribution in [0.2, 0.25) is 0 Å². The molecule has 5 rings (SSSR count). The molecule has 1 aliphatic heterocycles. The highest BCUT2D eigenvalue weighted by molar-refractivity contribution is 7.89. The lowest BCUT2D eigenvalue weighted by Gasteiger charge is -2.08. The van der Waals surface area contributed by atoms with Crippen LogP contribution in [-0.2, 0) is 23.0 Å². The van der Waals surface area contributed by atoms with Gasteiger partial charge >= 0.3 is 0 Å². The second-order valence-corrected chi connectivity index (χ2v) is 9.52. The van der Waals surface area contributed by atoms with Crippen LogP contribution in [-0.4, -0.2) is 23.6 Å². The predicted octanol–water partition coefficient (Wildman–Crippen LogP) is 3.69. The number of aromatic amines is 1. The fourth-order valence-corrected chi connectivity index (χ4v) is 5.50. The van der Waals surface area contributed by atoms with E-state index in [4.69, 9.17) is 4.42 Å². The molecule has 8 nitrogen and oxygen atoms in total. The van der Waals surface area contributed by atoms with Crippen molar-refractivity contribution in [3.63, 3.8) is 0 Å². The number of benzene rings is 1. The Kier molecular flexibility index (Phi) is 4.62. The molecule has 2 unspecified atom stereocenters. The molecule has 2 aliphatic rings. The number of rotatable bonds is 5. The fourth-order valence-electron chi connectivity index (χ4n) is 4.27. The first kappa shape index (κ1) is 19.3. The van der Waals surface area contributed by atoms with E-state index in [1.165, 1.54) is 12.1 Å². The van der Waals surface area contributed by atoms with E-state index in [9.17, 15) is 12.8 Å². The first-order chi connectivity index (χ1) is 14.4. The van der Waals surface area contributed by atoms with Crippen molar-refractivity contribution in [2.75, 3.05) is 5.32 Å². The van der Waals surface area contributed by atoms with Crippen molar-refractivity contribution in [3.8, 4) is 0 Å². The molecule has 1 aromatic carbocycles. The van der Waals surface area contributed by atoms with Gasteiger partial charge in [-0.25, -0.2) is 22.5 Å². The molecule has 3 heterocycles. The SMILES string of the molecule is CCc1cnc(C2CCC(c3cc(Nc4ccc5c(c4F)CNS5(=O)=O)n[nH]3)C2)o1. The summed E-state index contributed by atoms with van der Waals surface area (Å²) in [7, 11) is -3.61. The molecular formula is C20H22FN5O3S. The van der Waals surface area contributed by atoms with Crippen LogP contribution in [0.5, 0.6) is 0 Å². The standard InChI is InChI=1S/C20H22FN5O3S/c1-2-13-9-22-20(29-13)12-4-3-11(7-12)16-8-18(26-25-16)24-15-5-6-17-14(19(15)21)10-23-30(17,27)28/h5-6,8-9,11-12,23H,2-4,7,10H2,1H3,(H2,24,25,26). The van der Waals surface area contributed by atoms with Crippen molar-refractivity contribution >= 4 is 21.5 Å². The molecule has 2 atom stereocenters. The van der Waals surface area contributed by atoms with Crippen molar-refractivity contribution in [1.29, 1.82) is 0 Å². The molecule has 158 valence electrons. The normalized spacial score (nSPS) is 22.3.